The molecule has 0 aliphatic heterocycles. The second-order valence-electron chi connectivity index (χ2n) is 3.39. The van der Waals surface area contributed by atoms with Crippen molar-refractivity contribution in [2.45, 2.75) is 20.3 Å². The standard InChI is InChI=1S/C11H14N4O2/c1-3-4-13-11(16)9(6-12)7-14-10-5-8(2)17-15-10/h5,7H,3-4H2,1-2H3,(H,13,16)(H,14,15)/b9-7-. The summed E-state index contributed by atoms with van der Waals surface area (Å²) in [7, 11) is 0. The first-order valence-corrected chi connectivity index (χ1v) is 5.25. The molecule has 1 heterocycles. The molecule has 0 saturated heterocycles. The zero-order chi connectivity index (χ0) is 12.7. The molecule has 1 aromatic rings. The Bertz CT molecular complexity index is 456. The monoisotopic (exact) mass is 234 g/mol. The van der Waals surface area contributed by atoms with Crippen molar-refractivity contribution in [2.24, 2.45) is 0 Å². The van der Waals surface area contributed by atoms with Crippen molar-refractivity contribution in [3.63, 3.8) is 0 Å². The van der Waals surface area contributed by atoms with Crippen molar-refractivity contribution >= 4 is 11.7 Å². The lowest BCUT2D eigenvalue weighted by Gasteiger charge is -2.01. The Hall–Kier alpha value is -2.29. The fourth-order valence-electron chi connectivity index (χ4n) is 1.06. The van der Waals surface area contributed by atoms with E-state index >= 15 is 0 Å². The summed E-state index contributed by atoms with van der Waals surface area (Å²) in [6.07, 6.45) is 2.13. The number of hydrogen-bond donors (Lipinski definition) is 2. The van der Waals surface area contributed by atoms with Crippen molar-refractivity contribution in [1.29, 1.82) is 5.26 Å². The average Bonchev–Trinajstić information content (AvgIpc) is 2.73. The van der Waals surface area contributed by atoms with E-state index in [-0.39, 0.29) is 5.57 Å². The van der Waals surface area contributed by atoms with Gasteiger partial charge in [0, 0.05) is 18.8 Å². The van der Waals surface area contributed by atoms with Crippen LogP contribution in [-0.4, -0.2) is 17.6 Å². The molecule has 90 valence electrons. The Labute approximate surface area is 99.3 Å². The molecule has 0 unspecified atom stereocenters. The van der Waals surface area contributed by atoms with E-state index in [1.807, 2.05) is 13.0 Å². The topological polar surface area (TPSA) is 91.0 Å². The number of anilines is 1. The SMILES string of the molecule is CCCNC(=O)/C(C#N)=C\Nc1cc(C)on1. The Kier molecular flexibility index (Phi) is 4.76. The Morgan fingerprint density at radius 2 is 2.47 bits per heavy atom. The lowest BCUT2D eigenvalue weighted by molar-refractivity contribution is -0.117. The summed E-state index contributed by atoms with van der Waals surface area (Å²) >= 11 is 0. The second kappa shape index (κ2) is 6.33. The number of carbonyl (C=O) groups excluding carboxylic acids is 1. The third-order valence-electron chi connectivity index (χ3n) is 1.89. The molecule has 0 spiro atoms. The van der Waals surface area contributed by atoms with E-state index in [4.69, 9.17) is 9.78 Å². The first kappa shape index (κ1) is 12.8. The second-order valence-corrected chi connectivity index (χ2v) is 3.39. The van der Waals surface area contributed by atoms with Gasteiger partial charge in [0.1, 0.15) is 17.4 Å². The van der Waals surface area contributed by atoms with Crippen molar-refractivity contribution < 1.29 is 9.32 Å². The van der Waals surface area contributed by atoms with E-state index in [1.165, 1.54) is 6.20 Å². The van der Waals surface area contributed by atoms with Crippen LogP contribution in [0.3, 0.4) is 0 Å². The molecular weight excluding hydrogens is 220 g/mol. The molecule has 1 aromatic heterocycles. The molecule has 1 amide bonds. The largest absolute Gasteiger partial charge is 0.360 e. The van der Waals surface area contributed by atoms with Crippen LogP contribution in [0.4, 0.5) is 5.82 Å². The summed E-state index contributed by atoms with van der Waals surface area (Å²) in [5.41, 5.74) is -0.000830. The van der Waals surface area contributed by atoms with Gasteiger partial charge in [-0.1, -0.05) is 12.1 Å². The molecule has 0 aromatic carbocycles. The van der Waals surface area contributed by atoms with E-state index in [2.05, 4.69) is 15.8 Å². The zero-order valence-electron chi connectivity index (χ0n) is 9.78. The predicted octanol–water partition coefficient (Wildman–Crippen LogP) is 1.33. The van der Waals surface area contributed by atoms with E-state index in [0.717, 1.165) is 6.42 Å². The third-order valence-corrected chi connectivity index (χ3v) is 1.89. The van der Waals surface area contributed by atoms with Crippen LogP contribution in [0.25, 0.3) is 0 Å². The maximum atomic E-state index is 11.5. The Morgan fingerprint density at radius 3 is 3.00 bits per heavy atom. The van der Waals surface area contributed by atoms with Crippen LogP contribution >= 0.6 is 0 Å². The van der Waals surface area contributed by atoms with E-state index in [0.29, 0.717) is 18.1 Å². The number of aryl methyl sites for hydroxylation is 1. The van der Waals surface area contributed by atoms with Crippen LogP contribution < -0.4 is 10.6 Å². The van der Waals surface area contributed by atoms with Gasteiger partial charge in [-0.3, -0.25) is 4.79 Å². The summed E-state index contributed by atoms with van der Waals surface area (Å²) < 4.78 is 4.83. The highest BCUT2D eigenvalue weighted by molar-refractivity contribution is 5.97. The number of carbonyl (C=O) groups is 1. The van der Waals surface area contributed by atoms with Gasteiger partial charge < -0.3 is 15.2 Å². The van der Waals surface area contributed by atoms with Gasteiger partial charge in [0.15, 0.2) is 5.82 Å². The molecule has 0 fully saturated rings. The number of aromatic nitrogens is 1. The summed E-state index contributed by atoms with van der Waals surface area (Å²) in [6.45, 7) is 4.23. The lowest BCUT2D eigenvalue weighted by Crippen LogP contribution is -2.25. The minimum absolute atomic E-state index is 0.000830. The highest BCUT2D eigenvalue weighted by Gasteiger charge is 2.07. The quantitative estimate of drug-likeness (QED) is 0.592. The van der Waals surface area contributed by atoms with Crippen molar-refractivity contribution in [3.05, 3.63) is 23.6 Å². The van der Waals surface area contributed by atoms with Crippen molar-refractivity contribution in [3.8, 4) is 6.07 Å². The van der Waals surface area contributed by atoms with Crippen LogP contribution in [0.2, 0.25) is 0 Å². The molecule has 17 heavy (non-hydrogen) atoms. The molecule has 6 nitrogen and oxygen atoms in total. The number of nitrogens with one attached hydrogen (secondary N) is 2. The lowest BCUT2D eigenvalue weighted by atomic mass is 10.3. The molecule has 0 saturated carbocycles. The van der Waals surface area contributed by atoms with E-state index in [9.17, 15) is 4.79 Å². The molecule has 0 atom stereocenters. The van der Waals surface area contributed by atoms with Crippen molar-refractivity contribution in [1.82, 2.24) is 10.5 Å². The first-order chi connectivity index (χ1) is 8.17. The fourth-order valence-corrected chi connectivity index (χ4v) is 1.06. The van der Waals surface area contributed by atoms with Gasteiger partial charge in [-0.2, -0.15) is 5.26 Å². The summed E-state index contributed by atoms with van der Waals surface area (Å²) in [4.78, 5) is 11.5. The summed E-state index contributed by atoms with van der Waals surface area (Å²) in [6, 6.07) is 3.48. The predicted molar refractivity (Wildman–Crippen MR) is 61.9 cm³/mol. The van der Waals surface area contributed by atoms with E-state index in [1.54, 1.807) is 13.0 Å². The summed E-state index contributed by atoms with van der Waals surface area (Å²) in [5, 5.41) is 17.8. The van der Waals surface area contributed by atoms with Crippen LogP contribution in [0.15, 0.2) is 22.4 Å². The normalized spacial score (nSPS) is 10.8. The van der Waals surface area contributed by atoms with Crippen LogP contribution in [0.5, 0.6) is 0 Å². The molecule has 6 heteroatoms. The van der Waals surface area contributed by atoms with Gasteiger partial charge in [0.05, 0.1) is 0 Å². The van der Waals surface area contributed by atoms with Crippen LogP contribution in [-0.2, 0) is 4.79 Å². The van der Waals surface area contributed by atoms with Gasteiger partial charge in [0.25, 0.3) is 5.91 Å². The van der Waals surface area contributed by atoms with E-state index < -0.39 is 5.91 Å². The molecular formula is C11H14N4O2. The maximum absolute atomic E-state index is 11.5. The van der Waals surface area contributed by atoms with Gasteiger partial charge in [-0.05, 0) is 13.3 Å². The smallest absolute Gasteiger partial charge is 0.263 e. The Balaban J connectivity index is 2.61. The minimum atomic E-state index is -0.401. The molecule has 0 radical (unpaired) electrons. The molecule has 2 N–H and O–H groups in total. The van der Waals surface area contributed by atoms with Gasteiger partial charge in [0.2, 0.25) is 0 Å². The molecule has 0 aliphatic carbocycles. The maximum Gasteiger partial charge on any atom is 0.263 e. The molecule has 0 bridgehead atoms. The molecule has 0 aliphatic rings. The first-order valence-electron chi connectivity index (χ1n) is 5.25. The Morgan fingerprint density at radius 1 is 1.71 bits per heavy atom. The van der Waals surface area contributed by atoms with Crippen LogP contribution in [0.1, 0.15) is 19.1 Å². The highest BCUT2D eigenvalue weighted by Crippen LogP contribution is 2.07. The molecule has 1 rings (SSSR count). The van der Waals surface area contributed by atoms with Gasteiger partial charge in [-0.15, -0.1) is 0 Å². The highest BCUT2D eigenvalue weighted by atomic mass is 16.5. The number of rotatable bonds is 5. The zero-order valence-corrected chi connectivity index (χ0v) is 9.78. The van der Waals surface area contributed by atoms with Gasteiger partial charge >= 0.3 is 0 Å². The van der Waals surface area contributed by atoms with Crippen molar-refractivity contribution in [2.75, 3.05) is 11.9 Å². The summed E-state index contributed by atoms with van der Waals surface area (Å²) in [5.74, 6) is 0.704. The van der Waals surface area contributed by atoms with Crippen LogP contribution in [0, 0.1) is 18.3 Å². The van der Waals surface area contributed by atoms with Gasteiger partial charge in [-0.25, -0.2) is 0 Å². The minimum Gasteiger partial charge on any atom is -0.360 e. The number of nitrogens with zero attached hydrogens (tertiary/aromatic N) is 2. The number of nitriles is 1. The average molecular weight is 234 g/mol. The number of hydrogen-bond acceptors (Lipinski definition) is 5. The number of amides is 1. The fraction of sp³-hybridized carbons (Fsp3) is 0.364. The third kappa shape index (κ3) is 3.99.